The van der Waals surface area contributed by atoms with Crippen LogP contribution in [0, 0.1) is 0 Å². The first-order valence-corrected chi connectivity index (χ1v) is 3.18. The smallest absolute Gasteiger partial charge is 0.339 e. The molecule has 0 aromatic carbocycles. The van der Waals surface area contributed by atoms with Crippen molar-refractivity contribution in [3.05, 3.63) is 17.8 Å². The van der Waals surface area contributed by atoms with E-state index >= 15 is 0 Å². The van der Waals surface area contributed by atoms with E-state index in [1.807, 2.05) is 0 Å². The fourth-order valence-electron chi connectivity index (χ4n) is 0.789. The molecule has 12 heavy (non-hydrogen) atoms. The quantitative estimate of drug-likeness (QED) is 0.666. The summed E-state index contributed by atoms with van der Waals surface area (Å²) in [6.45, 7) is 0. The van der Waals surface area contributed by atoms with Crippen molar-refractivity contribution < 1.29 is 14.6 Å². The highest BCUT2D eigenvalue weighted by atomic mass is 16.5. The van der Waals surface area contributed by atoms with Gasteiger partial charge in [0, 0.05) is 0 Å². The molecule has 1 aromatic rings. The lowest BCUT2D eigenvalue weighted by Crippen LogP contribution is -2.03. The zero-order valence-corrected chi connectivity index (χ0v) is 6.44. The van der Waals surface area contributed by atoms with Crippen molar-refractivity contribution >= 4 is 11.8 Å². The van der Waals surface area contributed by atoms with Crippen molar-refractivity contribution in [1.82, 2.24) is 4.98 Å². The van der Waals surface area contributed by atoms with Crippen molar-refractivity contribution in [3.8, 4) is 5.75 Å². The highest BCUT2D eigenvalue weighted by Gasteiger charge is 2.10. The summed E-state index contributed by atoms with van der Waals surface area (Å²) in [6.07, 6.45) is 1.28. The first kappa shape index (κ1) is 8.32. The molecule has 5 nitrogen and oxygen atoms in total. The number of ether oxygens (including phenoxy) is 1. The standard InChI is InChI=1S/C7H8N2O3/c1-12-5-3-9-6(8)2-4(5)7(10)11/h2-3H,1H3,(H2,8,9)(H,10,11). The van der Waals surface area contributed by atoms with Crippen LogP contribution in [0.5, 0.6) is 5.75 Å². The number of aromatic nitrogens is 1. The van der Waals surface area contributed by atoms with Gasteiger partial charge < -0.3 is 15.6 Å². The number of carbonyl (C=O) groups is 1. The summed E-state index contributed by atoms with van der Waals surface area (Å²) >= 11 is 0. The molecule has 0 spiro atoms. The van der Waals surface area contributed by atoms with E-state index in [1.165, 1.54) is 19.4 Å². The molecule has 0 radical (unpaired) electrons. The number of carboxylic acids is 1. The van der Waals surface area contributed by atoms with E-state index < -0.39 is 5.97 Å². The van der Waals surface area contributed by atoms with Gasteiger partial charge in [-0.25, -0.2) is 9.78 Å². The number of aromatic carboxylic acids is 1. The minimum Gasteiger partial charge on any atom is -0.494 e. The lowest BCUT2D eigenvalue weighted by atomic mass is 10.2. The predicted molar refractivity (Wildman–Crippen MR) is 42.2 cm³/mol. The minimum absolute atomic E-state index is 0.0185. The Hall–Kier alpha value is -1.78. The van der Waals surface area contributed by atoms with Gasteiger partial charge in [0.15, 0.2) is 5.75 Å². The topological polar surface area (TPSA) is 85.4 Å². The van der Waals surface area contributed by atoms with Crippen molar-refractivity contribution in [3.63, 3.8) is 0 Å². The van der Waals surface area contributed by atoms with Crippen molar-refractivity contribution in [2.75, 3.05) is 12.8 Å². The molecule has 1 heterocycles. The van der Waals surface area contributed by atoms with Crippen LogP contribution in [0.4, 0.5) is 5.82 Å². The van der Waals surface area contributed by atoms with Crippen LogP contribution >= 0.6 is 0 Å². The van der Waals surface area contributed by atoms with Crippen LogP contribution in [0.2, 0.25) is 0 Å². The Morgan fingerprint density at radius 2 is 2.42 bits per heavy atom. The lowest BCUT2D eigenvalue weighted by Gasteiger charge is -2.03. The molecular weight excluding hydrogens is 160 g/mol. The molecule has 0 aliphatic heterocycles. The Labute approximate surface area is 68.8 Å². The normalized spacial score (nSPS) is 9.42. The summed E-state index contributed by atoms with van der Waals surface area (Å²) in [5.74, 6) is -0.717. The number of hydrogen-bond acceptors (Lipinski definition) is 4. The second-order valence-corrected chi connectivity index (χ2v) is 2.11. The van der Waals surface area contributed by atoms with E-state index in [4.69, 9.17) is 15.6 Å². The number of nitrogen functional groups attached to an aromatic ring is 1. The van der Waals surface area contributed by atoms with Gasteiger partial charge in [-0.05, 0) is 6.07 Å². The van der Waals surface area contributed by atoms with Gasteiger partial charge in [0.1, 0.15) is 11.4 Å². The van der Waals surface area contributed by atoms with Gasteiger partial charge in [-0.3, -0.25) is 0 Å². The summed E-state index contributed by atoms with van der Waals surface area (Å²) in [5, 5.41) is 8.66. The first-order chi connectivity index (χ1) is 5.65. The molecule has 0 aliphatic carbocycles. The molecule has 0 bridgehead atoms. The minimum atomic E-state index is -1.08. The summed E-state index contributed by atoms with van der Waals surface area (Å²) in [7, 11) is 1.37. The van der Waals surface area contributed by atoms with Crippen molar-refractivity contribution in [2.24, 2.45) is 0 Å². The van der Waals surface area contributed by atoms with Crippen LogP contribution in [0.25, 0.3) is 0 Å². The van der Waals surface area contributed by atoms with E-state index in [0.29, 0.717) is 0 Å². The van der Waals surface area contributed by atoms with E-state index in [2.05, 4.69) is 4.98 Å². The Morgan fingerprint density at radius 1 is 1.75 bits per heavy atom. The number of methoxy groups -OCH3 is 1. The average molecular weight is 168 g/mol. The highest BCUT2D eigenvalue weighted by molar-refractivity contribution is 5.91. The van der Waals surface area contributed by atoms with E-state index in [0.717, 1.165) is 0 Å². The third-order valence-corrected chi connectivity index (χ3v) is 1.34. The fraction of sp³-hybridized carbons (Fsp3) is 0.143. The Bertz CT molecular complexity index is 312. The molecule has 1 rings (SSSR count). The Morgan fingerprint density at radius 3 is 2.92 bits per heavy atom. The molecule has 0 aliphatic rings. The number of nitrogens with zero attached hydrogens (tertiary/aromatic N) is 1. The molecule has 0 saturated carbocycles. The van der Waals surface area contributed by atoms with E-state index in [-0.39, 0.29) is 17.1 Å². The number of anilines is 1. The monoisotopic (exact) mass is 168 g/mol. The largest absolute Gasteiger partial charge is 0.494 e. The summed E-state index contributed by atoms with van der Waals surface area (Å²) in [5.41, 5.74) is 5.31. The molecule has 0 fully saturated rings. The molecule has 0 saturated heterocycles. The van der Waals surface area contributed by atoms with Crippen LogP contribution in [-0.4, -0.2) is 23.2 Å². The molecule has 64 valence electrons. The van der Waals surface area contributed by atoms with Crippen LogP contribution in [0.3, 0.4) is 0 Å². The van der Waals surface area contributed by atoms with Gasteiger partial charge in [-0.15, -0.1) is 0 Å². The van der Waals surface area contributed by atoms with E-state index in [1.54, 1.807) is 0 Å². The number of rotatable bonds is 2. The summed E-state index contributed by atoms with van der Waals surface area (Å²) in [6, 6.07) is 1.25. The van der Waals surface area contributed by atoms with Gasteiger partial charge >= 0.3 is 5.97 Å². The third kappa shape index (κ3) is 1.45. The number of nitrogens with two attached hydrogens (primary N) is 1. The molecule has 3 N–H and O–H groups in total. The maximum absolute atomic E-state index is 10.6. The molecule has 0 amide bonds. The lowest BCUT2D eigenvalue weighted by molar-refractivity contribution is 0.0693. The van der Waals surface area contributed by atoms with Crippen LogP contribution in [0.15, 0.2) is 12.3 Å². The number of carboxylic acid groups (broad SMARTS) is 1. The molecule has 5 heteroatoms. The second kappa shape index (κ2) is 3.08. The van der Waals surface area contributed by atoms with Gasteiger partial charge in [-0.1, -0.05) is 0 Å². The fourth-order valence-corrected chi connectivity index (χ4v) is 0.789. The van der Waals surface area contributed by atoms with Gasteiger partial charge in [-0.2, -0.15) is 0 Å². The van der Waals surface area contributed by atoms with E-state index in [9.17, 15) is 4.79 Å². The van der Waals surface area contributed by atoms with Gasteiger partial charge in [0.05, 0.1) is 13.3 Å². The third-order valence-electron chi connectivity index (χ3n) is 1.34. The van der Waals surface area contributed by atoms with Crippen molar-refractivity contribution in [2.45, 2.75) is 0 Å². The number of pyridine rings is 1. The predicted octanol–water partition coefficient (Wildman–Crippen LogP) is 0.371. The molecule has 1 aromatic heterocycles. The highest BCUT2D eigenvalue weighted by Crippen LogP contribution is 2.17. The maximum Gasteiger partial charge on any atom is 0.339 e. The summed E-state index contributed by atoms with van der Waals surface area (Å²) < 4.78 is 4.76. The molecule has 0 unspecified atom stereocenters. The van der Waals surface area contributed by atoms with Gasteiger partial charge in [0.2, 0.25) is 0 Å². The Balaban J connectivity index is 3.21. The average Bonchev–Trinajstić information content (AvgIpc) is 2.04. The van der Waals surface area contributed by atoms with Gasteiger partial charge in [0.25, 0.3) is 0 Å². The summed E-state index contributed by atoms with van der Waals surface area (Å²) in [4.78, 5) is 14.3. The van der Waals surface area contributed by atoms with Crippen LogP contribution in [-0.2, 0) is 0 Å². The van der Waals surface area contributed by atoms with Crippen molar-refractivity contribution in [1.29, 1.82) is 0 Å². The second-order valence-electron chi connectivity index (χ2n) is 2.11. The molecule has 0 atom stereocenters. The van der Waals surface area contributed by atoms with Crippen LogP contribution < -0.4 is 10.5 Å². The number of hydrogen-bond donors (Lipinski definition) is 2. The zero-order chi connectivity index (χ0) is 9.14. The maximum atomic E-state index is 10.6. The SMILES string of the molecule is COc1cnc(N)cc1C(=O)O. The molecular formula is C7H8N2O3. The first-order valence-electron chi connectivity index (χ1n) is 3.18. The van der Waals surface area contributed by atoms with Crippen LogP contribution in [0.1, 0.15) is 10.4 Å². The zero-order valence-electron chi connectivity index (χ0n) is 6.44. The Kier molecular flexibility index (Phi) is 2.14.